The Morgan fingerprint density at radius 1 is 1.00 bits per heavy atom. The van der Waals surface area contributed by atoms with Crippen molar-refractivity contribution in [1.82, 2.24) is 25.0 Å². The van der Waals surface area contributed by atoms with E-state index in [1.807, 2.05) is 78.7 Å². The SMILES string of the molecule is Cc1cccc(-c2nn(-c3ccccc3)cc2C(=O)N2CCC(CC(=O)NCc3cccnc3)CC2)c1. The molecule has 0 bridgehead atoms. The molecule has 5 rings (SSSR count). The molecule has 2 aromatic carbocycles. The summed E-state index contributed by atoms with van der Waals surface area (Å²) in [4.78, 5) is 32.1. The van der Waals surface area contributed by atoms with Gasteiger partial charge < -0.3 is 10.2 Å². The highest BCUT2D eigenvalue weighted by Crippen LogP contribution is 2.28. The Hall–Kier alpha value is -4.26. The summed E-state index contributed by atoms with van der Waals surface area (Å²) in [6, 6.07) is 21.7. The Kier molecular flexibility index (Phi) is 7.40. The van der Waals surface area contributed by atoms with E-state index in [2.05, 4.69) is 16.4 Å². The molecule has 0 radical (unpaired) electrons. The minimum atomic E-state index is -0.0156. The van der Waals surface area contributed by atoms with Crippen molar-refractivity contribution in [2.75, 3.05) is 13.1 Å². The molecule has 1 aliphatic heterocycles. The number of piperidine rings is 1. The van der Waals surface area contributed by atoms with Gasteiger partial charge in [-0.1, -0.05) is 48.0 Å². The zero-order chi connectivity index (χ0) is 25.6. The first-order valence-electron chi connectivity index (χ1n) is 12.7. The molecule has 2 amide bonds. The molecule has 0 saturated carbocycles. The van der Waals surface area contributed by atoms with E-state index < -0.39 is 0 Å². The number of carbonyl (C=O) groups is 2. The highest BCUT2D eigenvalue weighted by molar-refractivity contribution is 6.00. The lowest BCUT2D eigenvalue weighted by molar-refractivity contribution is -0.122. The number of likely N-dealkylation sites (tertiary alicyclic amines) is 1. The third-order valence-electron chi connectivity index (χ3n) is 6.85. The Morgan fingerprint density at radius 3 is 2.54 bits per heavy atom. The zero-order valence-electron chi connectivity index (χ0n) is 21.0. The number of carbonyl (C=O) groups excluding carboxylic acids is 2. The third kappa shape index (κ3) is 5.94. The first kappa shape index (κ1) is 24.4. The van der Waals surface area contributed by atoms with Gasteiger partial charge in [-0.25, -0.2) is 4.68 Å². The topological polar surface area (TPSA) is 80.1 Å². The zero-order valence-corrected chi connectivity index (χ0v) is 21.0. The summed E-state index contributed by atoms with van der Waals surface area (Å²) in [5.74, 6) is 0.291. The number of hydrogen-bond donors (Lipinski definition) is 1. The smallest absolute Gasteiger partial charge is 0.257 e. The number of aryl methyl sites for hydroxylation is 1. The first-order chi connectivity index (χ1) is 18.1. The Bertz CT molecular complexity index is 1360. The number of pyridine rings is 1. The van der Waals surface area contributed by atoms with Gasteiger partial charge in [-0.2, -0.15) is 5.10 Å². The second-order valence-electron chi connectivity index (χ2n) is 9.62. The van der Waals surface area contributed by atoms with Gasteiger partial charge in [0.15, 0.2) is 0 Å². The molecule has 0 atom stereocenters. The van der Waals surface area contributed by atoms with E-state index in [9.17, 15) is 9.59 Å². The van der Waals surface area contributed by atoms with E-state index >= 15 is 0 Å². The monoisotopic (exact) mass is 493 g/mol. The van der Waals surface area contributed by atoms with Gasteiger partial charge in [-0.15, -0.1) is 0 Å². The molecule has 188 valence electrons. The maximum Gasteiger partial charge on any atom is 0.257 e. The average molecular weight is 494 g/mol. The fourth-order valence-corrected chi connectivity index (χ4v) is 4.80. The first-order valence-corrected chi connectivity index (χ1v) is 12.7. The van der Waals surface area contributed by atoms with Crippen LogP contribution in [0.1, 0.15) is 40.7 Å². The number of benzene rings is 2. The summed E-state index contributed by atoms with van der Waals surface area (Å²) in [6.45, 7) is 3.78. The van der Waals surface area contributed by atoms with E-state index in [0.29, 0.717) is 37.3 Å². The van der Waals surface area contributed by atoms with Crippen LogP contribution in [0, 0.1) is 12.8 Å². The van der Waals surface area contributed by atoms with Crippen LogP contribution in [0.5, 0.6) is 0 Å². The normalized spacial score (nSPS) is 13.9. The van der Waals surface area contributed by atoms with Crippen LogP contribution in [0.25, 0.3) is 16.9 Å². The van der Waals surface area contributed by atoms with Crippen LogP contribution >= 0.6 is 0 Å². The van der Waals surface area contributed by atoms with Crippen LogP contribution in [0.3, 0.4) is 0 Å². The number of nitrogens with one attached hydrogen (secondary N) is 1. The van der Waals surface area contributed by atoms with Crippen LogP contribution in [0.15, 0.2) is 85.3 Å². The van der Waals surface area contributed by atoms with E-state index in [1.165, 1.54) is 0 Å². The number of hydrogen-bond acceptors (Lipinski definition) is 4. The molecule has 0 aliphatic carbocycles. The summed E-state index contributed by atoms with van der Waals surface area (Å²) in [5.41, 5.74) is 5.23. The number of amides is 2. The third-order valence-corrected chi connectivity index (χ3v) is 6.85. The maximum absolute atomic E-state index is 13.7. The van der Waals surface area contributed by atoms with Gasteiger partial charge in [-0.05, 0) is 55.5 Å². The molecule has 7 heteroatoms. The van der Waals surface area contributed by atoms with Gasteiger partial charge in [-0.3, -0.25) is 14.6 Å². The lowest BCUT2D eigenvalue weighted by Crippen LogP contribution is -2.39. The Labute approximate surface area is 217 Å². The highest BCUT2D eigenvalue weighted by atomic mass is 16.2. The van der Waals surface area contributed by atoms with Crippen LogP contribution in [-0.4, -0.2) is 44.6 Å². The molecule has 37 heavy (non-hydrogen) atoms. The second-order valence-corrected chi connectivity index (χ2v) is 9.62. The summed E-state index contributed by atoms with van der Waals surface area (Å²) < 4.78 is 1.78. The largest absolute Gasteiger partial charge is 0.352 e. The van der Waals surface area contributed by atoms with E-state index in [1.54, 1.807) is 17.1 Å². The Balaban J connectivity index is 1.26. The molecule has 3 heterocycles. The molecule has 7 nitrogen and oxygen atoms in total. The van der Waals surface area contributed by atoms with Crippen LogP contribution < -0.4 is 5.32 Å². The van der Waals surface area contributed by atoms with Crippen LogP contribution in [-0.2, 0) is 11.3 Å². The highest BCUT2D eigenvalue weighted by Gasteiger charge is 2.28. The lowest BCUT2D eigenvalue weighted by Gasteiger charge is -2.31. The number of nitrogens with zero attached hydrogens (tertiary/aromatic N) is 4. The van der Waals surface area contributed by atoms with Crippen molar-refractivity contribution in [2.45, 2.75) is 32.7 Å². The van der Waals surface area contributed by atoms with Gasteiger partial charge in [0.2, 0.25) is 5.91 Å². The number of para-hydroxylation sites is 1. The molecule has 0 spiro atoms. The minimum absolute atomic E-state index is 0.0156. The molecule has 2 aromatic heterocycles. The van der Waals surface area contributed by atoms with Crippen molar-refractivity contribution in [3.63, 3.8) is 0 Å². The molecule has 1 aliphatic rings. The minimum Gasteiger partial charge on any atom is -0.352 e. The quantitative estimate of drug-likeness (QED) is 0.401. The van der Waals surface area contributed by atoms with Gasteiger partial charge in [0, 0.05) is 50.2 Å². The van der Waals surface area contributed by atoms with Crippen molar-refractivity contribution in [3.8, 4) is 16.9 Å². The van der Waals surface area contributed by atoms with E-state index in [4.69, 9.17) is 5.10 Å². The molecule has 0 unspecified atom stereocenters. The molecule has 1 saturated heterocycles. The second kappa shape index (κ2) is 11.2. The molecular weight excluding hydrogens is 462 g/mol. The fraction of sp³-hybridized carbons (Fsp3) is 0.267. The standard InChI is InChI=1S/C30H31N5O2/c1-22-7-5-9-25(17-22)29-27(21-35(33-29)26-10-3-2-4-11-26)30(37)34-15-12-23(13-16-34)18-28(36)32-20-24-8-6-14-31-19-24/h2-11,14,17,19,21,23H,12-13,15-16,18,20H2,1H3,(H,32,36). The summed E-state index contributed by atoms with van der Waals surface area (Å²) in [6.07, 6.45) is 7.40. The van der Waals surface area contributed by atoms with E-state index in [0.717, 1.165) is 35.2 Å². The maximum atomic E-state index is 13.7. The van der Waals surface area contributed by atoms with Crippen molar-refractivity contribution in [3.05, 3.63) is 102 Å². The van der Waals surface area contributed by atoms with Gasteiger partial charge in [0.1, 0.15) is 5.69 Å². The summed E-state index contributed by atoms with van der Waals surface area (Å²) in [7, 11) is 0. The molecule has 4 aromatic rings. The van der Waals surface area contributed by atoms with Crippen LogP contribution in [0.2, 0.25) is 0 Å². The van der Waals surface area contributed by atoms with Crippen molar-refractivity contribution in [2.24, 2.45) is 5.92 Å². The average Bonchev–Trinajstić information content (AvgIpc) is 3.39. The fourth-order valence-electron chi connectivity index (χ4n) is 4.80. The predicted octanol–water partition coefficient (Wildman–Crippen LogP) is 4.80. The lowest BCUT2D eigenvalue weighted by atomic mass is 9.92. The molecule has 1 fully saturated rings. The van der Waals surface area contributed by atoms with Crippen molar-refractivity contribution < 1.29 is 9.59 Å². The van der Waals surface area contributed by atoms with Crippen molar-refractivity contribution in [1.29, 1.82) is 0 Å². The Morgan fingerprint density at radius 2 is 1.81 bits per heavy atom. The summed E-state index contributed by atoms with van der Waals surface area (Å²) in [5, 5.41) is 7.80. The predicted molar refractivity (Wildman–Crippen MR) is 143 cm³/mol. The summed E-state index contributed by atoms with van der Waals surface area (Å²) >= 11 is 0. The number of rotatable bonds is 7. The van der Waals surface area contributed by atoms with Crippen LogP contribution in [0.4, 0.5) is 0 Å². The molecule has 1 N–H and O–H groups in total. The molecular formula is C30H31N5O2. The van der Waals surface area contributed by atoms with Crippen molar-refractivity contribution >= 4 is 11.8 Å². The van der Waals surface area contributed by atoms with Gasteiger partial charge in [0.25, 0.3) is 5.91 Å². The van der Waals surface area contributed by atoms with Gasteiger partial charge in [0.05, 0.1) is 11.3 Å². The van der Waals surface area contributed by atoms with Gasteiger partial charge >= 0.3 is 0 Å². The number of aromatic nitrogens is 3. The van der Waals surface area contributed by atoms with E-state index in [-0.39, 0.29) is 17.7 Å².